The minimum atomic E-state index is -0.285. The number of nitrogens with one attached hydrogen (secondary N) is 1. The predicted octanol–water partition coefficient (Wildman–Crippen LogP) is 1.19. The van der Waals surface area contributed by atoms with Crippen LogP contribution in [0.4, 0.5) is 4.39 Å². The lowest BCUT2D eigenvalue weighted by atomic mass is 9.92. The quantitative estimate of drug-likeness (QED) is 0.806. The summed E-state index contributed by atoms with van der Waals surface area (Å²) in [5.41, 5.74) is 6.11. The van der Waals surface area contributed by atoms with Crippen LogP contribution in [-0.4, -0.2) is 39.2 Å². The Hall–Kier alpha value is -2.35. The Morgan fingerprint density at radius 2 is 1.86 bits per heavy atom. The first kappa shape index (κ1) is 19.0. The molecule has 3 N–H and O–H groups in total. The van der Waals surface area contributed by atoms with Crippen molar-refractivity contribution < 1.29 is 14.1 Å². The van der Waals surface area contributed by atoms with Crippen LogP contribution in [0.15, 0.2) is 24.3 Å². The first-order valence-electron chi connectivity index (χ1n) is 10.3. The van der Waals surface area contributed by atoms with Crippen molar-refractivity contribution in [3.05, 3.63) is 41.5 Å². The summed E-state index contributed by atoms with van der Waals surface area (Å²) in [6.45, 7) is 1.48. The zero-order valence-corrected chi connectivity index (χ0v) is 16.1. The first-order valence-corrected chi connectivity index (χ1v) is 10.3. The molecule has 2 fully saturated rings. The van der Waals surface area contributed by atoms with Gasteiger partial charge in [-0.05, 0) is 35.4 Å². The van der Waals surface area contributed by atoms with E-state index >= 15 is 0 Å². The number of nitrogens with zero attached hydrogens (tertiary/aromatic N) is 4. The van der Waals surface area contributed by atoms with Crippen molar-refractivity contribution in [2.75, 3.05) is 13.1 Å². The number of halogens is 1. The standard InChI is InChI=1S/C20H27FN6O/c21-17-9-5-4-8-16(17)18(26-12-10-14(11-13-26)19(22)28)20-23-24-25-27(20)15-6-2-1-3-7-15/h4-5,8-9,14-15,18H,1-3,6-7,10-13H2,(H2,22,28)/p+1/t18-/m0/s1. The Balaban J connectivity index is 1.68. The minimum absolute atomic E-state index is 0.0978. The summed E-state index contributed by atoms with van der Waals surface area (Å²) in [6.07, 6.45) is 7.12. The molecule has 0 spiro atoms. The van der Waals surface area contributed by atoms with E-state index in [1.54, 1.807) is 6.07 Å². The third-order valence-electron chi connectivity index (χ3n) is 6.35. The molecule has 1 aromatic heterocycles. The number of piperidine rings is 1. The lowest BCUT2D eigenvalue weighted by Crippen LogP contribution is -3.13. The van der Waals surface area contributed by atoms with Gasteiger partial charge in [0.1, 0.15) is 5.82 Å². The molecule has 28 heavy (non-hydrogen) atoms. The third-order valence-corrected chi connectivity index (χ3v) is 6.35. The number of rotatable bonds is 5. The van der Waals surface area contributed by atoms with E-state index in [1.165, 1.54) is 30.2 Å². The van der Waals surface area contributed by atoms with Crippen molar-refractivity contribution in [3.8, 4) is 0 Å². The molecular formula is C20H28FN6O+. The van der Waals surface area contributed by atoms with Crippen LogP contribution in [0, 0.1) is 11.7 Å². The fourth-order valence-electron chi connectivity index (χ4n) is 4.79. The highest BCUT2D eigenvalue weighted by molar-refractivity contribution is 5.76. The van der Waals surface area contributed by atoms with Gasteiger partial charge in [-0.15, -0.1) is 5.10 Å². The van der Waals surface area contributed by atoms with Crippen LogP contribution >= 0.6 is 0 Å². The molecule has 2 aliphatic rings. The van der Waals surface area contributed by atoms with Gasteiger partial charge < -0.3 is 10.6 Å². The SMILES string of the molecule is NC(=O)C1CC[NH+]([C@@H](c2ccccc2F)c2nnnn2C2CCCCC2)CC1. The highest BCUT2D eigenvalue weighted by atomic mass is 19.1. The molecule has 1 aromatic carbocycles. The molecule has 1 amide bonds. The Kier molecular flexibility index (Phi) is 5.66. The second-order valence-electron chi connectivity index (χ2n) is 8.06. The van der Waals surface area contributed by atoms with E-state index in [4.69, 9.17) is 5.73 Å². The third kappa shape index (κ3) is 3.78. The predicted molar refractivity (Wildman–Crippen MR) is 101 cm³/mol. The topological polar surface area (TPSA) is 91.1 Å². The van der Waals surface area contributed by atoms with Crippen LogP contribution in [0.3, 0.4) is 0 Å². The van der Waals surface area contributed by atoms with Gasteiger partial charge in [0.05, 0.1) is 24.7 Å². The largest absolute Gasteiger partial charge is 0.369 e. The molecule has 2 heterocycles. The Labute approximate surface area is 164 Å². The van der Waals surface area contributed by atoms with Gasteiger partial charge in [-0.3, -0.25) is 4.79 Å². The van der Waals surface area contributed by atoms with Crippen molar-refractivity contribution >= 4 is 5.91 Å². The molecule has 4 rings (SSSR count). The average Bonchev–Trinajstić information content (AvgIpc) is 3.20. The van der Waals surface area contributed by atoms with Crippen molar-refractivity contribution in [1.82, 2.24) is 20.2 Å². The molecule has 0 bridgehead atoms. The van der Waals surface area contributed by atoms with E-state index < -0.39 is 0 Å². The molecule has 1 aliphatic heterocycles. The fourth-order valence-corrected chi connectivity index (χ4v) is 4.79. The smallest absolute Gasteiger partial charge is 0.220 e. The Morgan fingerprint density at radius 1 is 1.14 bits per heavy atom. The second-order valence-corrected chi connectivity index (χ2v) is 8.06. The van der Waals surface area contributed by atoms with Gasteiger partial charge in [0.2, 0.25) is 11.7 Å². The van der Waals surface area contributed by atoms with Gasteiger partial charge in [-0.1, -0.05) is 31.4 Å². The van der Waals surface area contributed by atoms with Gasteiger partial charge in [0.25, 0.3) is 0 Å². The summed E-state index contributed by atoms with van der Waals surface area (Å²) in [5.74, 6) is 0.146. The lowest BCUT2D eigenvalue weighted by molar-refractivity contribution is -0.932. The van der Waals surface area contributed by atoms with Gasteiger partial charge in [-0.2, -0.15) is 0 Å². The number of hydrogen-bond acceptors (Lipinski definition) is 4. The van der Waals surface area contributed by atoms with Gasteiger partial charge >= 0.3 is 0 Å². The number of nitrogens with two attached hydrogens (primary N) is 1. The maximum Gasteiger partial charge on any atom is 0.220 e. The number of benzene rings is 1. The zero-order chi connectivity index (χ0) is 19.5. The molecule has 0 unspecified atom stereocenters. The zero-order valence-electron chi connectivity index (χ0n) is 16.1. The van der Waals surface area contributed by atoms with Crippen LogP contribution in [0.2, 0.25) is 0 Å². The monoisotopic (exact) mass is 387 g/mol. The molecule has 150 valence electrons. The summed E-state index contributed by atoms with van der Waals surface area (Å²) in [7, 11) is 0. The number of carbonyl (C=O) groups is 1. The number of likely N-dealkylation sites (tertiary alicyclic amines) is 1. The molecule has 1 saturated heterocycles. The summed E-state index contributed by atoms with van der Waals surface area (Å²) < 4.78 is 16.7. The molecule has 2 aromatic rings. The number of carbonyl (C=O) groups excluding carboxylic acids is 1. The lowest BCUT2D eigenvalue weighted by Gasteiger charge is -2.34. The first-order chi connectivity index (χ1) is 13.6. The number of hydrogen-bond donors (Lipinski definition) is 2. The number of amides is 1. The van der Waals surface area contributed by atoms with Gasteiger partial charge in [0.15, 0.2) is 6.04 Å². The van der Waals surface area contributed by atoms with Gasteiger partial charge in [-0.25, -0.2) is 9.07 Å². The maximum absolute atomic E-state index is 14.8. The summed E-state index contributed by atoms with van der Waals surface area (Å²) >= 11 is 0. The number of tetrazole rings is 1. The number of aromatic nitrogens is 4. The van der Waals surface area contributed by atoms with Crippen molar-refractivity contribution in [2.45, 2.75) is 57.0 Å². The highest BCUT2D eigenvalue weighted by Crippen LogP contribution is 2.30. The fraction of sp³-hybridized carbons (Fsp3) is 0.600. The van der Waals surface area contributed by atoms with Crippen LogP contribution in [0.1, 0.15) is 68.4 Å². The van der Waals surface area contributed by atoms with Crippen LogP contribution in [0.25, 0.3) is 0 Å². The maximum atomic E-state index is 14.8. The van der Waals surface area contributed by atoms with E-state index in [2.05, 4.69) is 15.5 Å². The summed E-state index contributed by atoms with van der Waals surface area (Å²) in [5, 5.41) is 12.6. The number of quaternary nitrogens is 1. The van der Waals surface area contributed by atoms with Crippen molar-refractivity contribution in [1.29, 1.82) is 0 Å². The summed E-state index contributed by atoms with van der Waals surface area (Å²) in [6, 6.07) is 6.87. The van der Waals surface area contributed by atoms with E-state index in [0.29, 0.717) is 18.4 Å². The molecule has 1 saturated carbocycles. The van der Waals surface area contributed by atoms with E-state index in [0.717, 1.165) is 31.8 Å². The summed E-state index contributed by atoms with van der Waals surface area (Å²) in [4.78, 5) is 12.8. The van der Waals surface area contributed by atoms with Crippen LogP contribution in [-0.2, 0) is 4.79 Å². The normalized spacial score (nSPS) is 24.8. The van der Waals surface area contributed by atoms with E-state index in [9.17, 15) is 9.18 Å². The van der Waals surface area contributed by atoms with Crippen molar-refractivity contribution in [2.24, 2.45) is 11.7 Å². The molecule has 8 heteroatoms. The Bertz CT molecular complexity index is 811. The van der Waals surface area contributed by atoms with Crippen molar-refractivity contribution in [3.63, 3.8) is 0 Å². The Morgan fingerprint density at radius 3 is 2.54 bits per heavy atom. The van der Waals surface area contributed by atoms with Gasteiger partial charge in [0, 0.05) is 18.8 Å². The van der Waals surface area contributed by atoms with Crippen LogP contribution < -0.4 is 10.6 Å². The average molecular weight is 387 g/mol. The molecule has 1 atom stereocenters. The van der Waals surface area contributed by atoms with Crippen LogP contribution in [0.5, 0.6) is 0 Å². The van der Waals surface area contributed by atoms with E-state index in [-0.39, 0.29) is 29.7 Å². The minimum Gasteiger partial charge on any atom is -0.369 e. The highest BCUT2D eigenvalue weighted by Gasteiger charge is 2.38. The molecule has 1 aliphatic carbocycles. The molecule has 0 radical (unpaired) electrons. The second kappa shape index (κ2) is 8.34. The molecule has 7 nitrogen and oxygen atoms in total. The molecular weight excluding hydrogens is 359 g/mol. The van der Waals surface area contributed by atoms with E-state index in [1.807, 2.05) is 16.8 Å². The number of primary amides is 1.